The molecule has 114 valence electrons. The number of nitrogens with one attached hydrogen (secondary N) is 1. The number of carbonyl (C=O) groups excluding carboxylic acids is 1. The van der Waals surface area contributed by atoms with Crippen molar-refractivity contribution < 1.29 is 4.79 Å². The number of rotatable bonds is 2. The zero-order chi connectivity index (χ0) is 16.0. The van der Waals surface area contributed by atoms with Crippen LogP contribution in [0, 0.1) is 0 Å². The number of carbonyl (C=O) groups is 1. The maximum absolute atomic E-state index is 12.5. The Morgan fingerprint density at radius 1 is 1.18 bits per heavy atom. The average Bonchev–Trinajstić information content (AvgIpc) is 2.76. The molecule has 0 saturated heterocycles. The Labute approximate surface area is 128 Å². The molecule has 0 atom stereocenters. The van der Waals surface area contributed by atoms with Crippen LogP contribution in [0.15, 0.2) is 35.3 Å². The average molecular weight is 297 g/mol. The molecule has 3 aromatic rings. The first-order chi connectivity index (χ1) is 10.4. The summed E-state index contributed by atoms with van der Waals surface area (Å²) in [5.41, 5.74) is 1.93. The summed E-state index contributed by atoms with van der Waals surface area (Å²) >= 11 is 0. The van der Waals surface area contributed by atoms with Crippen molar-refractivity contribution in [3.63, 3.8) is 0 Å². The lowest BCUT2D eigenvalue weighted by Crippen LogP contribution is -2.31. The van der Waals surface area contributed by atoms with Crippen LogP contribution in [-0.4, -0.2) is 21.1 Å². The number of aromatic nitrogens is 2. The van der Waals surface area contributed by atoms with Gasteiger partial charge >= 0.3 is 0 Å². The predicted octanol–water partition coefficient (Wildman–Crippen LogP) is 2.17. The molecule has 0 aliphatic heterocycles. The third-order valence-corrected chi connectivity index (χ3v) is 3.89. The van der Waals surface area contributed by atoms with E-state index in [0.717, 1.165) is 16.3 Å². The second-order valence-corrected chi connectivity index (χ2v) is 5.89. The van der Waals surface area contributed by atoms with E-state index in [4.69, 9.17) is 0 Å². The zero-order valence-electron chi connectivity index (χ0n) is 13.2. The molecule has 0 spiro atoms. The van der Waals surface area contributed by atoms with Gasteiger partial charge < -0.3 is 14.5 Å². The number of hydrogen-bond acceptors (Lipinski definition) is 2. The van der Waals surface area contributed by atoms with Crippen molar-refractivity contribution >= 4 is 27.7 Å². The topological polar surface area (TPSA) is 56.0 Å². The first-order valence-corrected chi connectivity index (χ1v) is 7.29. The minimum Gasteiger partial charge on any atom is -0.350 e. The Hall–Kier alpha value is -2.56. The van der Waals surface area contributed by atoms with Gasteiger partial charge in [-0.25, -0.2) is 0 Å². The standard InChI is InChI=1S/C17H19N3O2/c1-10(2)18-16(21)12-9-19(3)17(22)15-14(12)11-7-5-6-8-13(11)20(15)4/h5-10H,1-4H3,(H,18,21). The Morgan fingerprint density at radius 3 is 2.55 bits per heavy atom. The van der Waals surface area contributed by atoms with E-state index in [1.54, 1.807) is 13.2 Å². The molecule has 0 bridgehead atoms. The Kier molecular flexibility index (Phi) is 3.28. The van der Waals surface area contributed by atoms with Gasteiger partial charge in [0.15, 0.2) is 0 Å². The van der Waals surface area contributed by atoms with Crippen LogP contribution in [0.2, 0.25) is 0 Å². The quantitative estimate of drug-likeness (QED) is 0.788. The molecule has 0 radical (unpaired) electrons. The van der Waals surface area contributed by atoms with Crippen molar-refractivity contribution in [3.8, 4) is 0 Å². The summed E-state index contributed by atoms with van der Waals surface area (Å²) in [6.45, 7) is 3.83. The molecule has 5 nitrogen and oxygen atoms in total. The normalized spacial score (nSPS) is 11.5. The molecule has 0 saturated carbocycles. The second kappa shape index (κ2) is 5.02. The number of nitrogens with zero attached hydrogens (tertiary/aromatic N) is 2. The van der Waals surface area contributed by atoms with E-state index >= 15 is 0 Å². The fraction of sp³-hybridized carbons (Fsp3) is 0.294. The Bertz CT molecular complexity index is 948. The minimum atomic E-state index is -0.160. The number of para-hydroxylation sites is 1. The minimum absolute atomic E-state index is 0.0368. The number of benzene rings is 1. The highest BCUT2D eigenvalue weighted by molar-refractivity contribution is 6.17. The molecular formula is C17H19N3O2. The summed E-state index contributed by atoms with van der Waals surface area (Å²) in [6.07, 6.45) is 1.62. The molecule has 0 aliphatic rings. The van der Waals surface area contributed by atoms with E-state index in [2.05, 4.69) is 5.32 Å². The van der Waals surface area contributed by atoms with Crippen molar-refractivity contribution in [2.75, 3.05) is 0 Å². The third-order valence-electron chi connectivity index (χ3n) is 3.89. The number of fused-ring (bicyclic) bond motifs is 3. The molecule has 0 unspecified atom stereocenters. The molecule has 1 aromatic carbocycles. The highest BCUT2D eigenvalue weighted by Gasteiger charge is 2.20. The van der Waals surface area contributed by atoms with E-state index in [-0.39, 0.29) is 17.5 Å². The smallest absolute Gasteiger partial charge is 0.274 e. The van der Waals surface area contributed by atoms with E-state index in [1.807, 2.05) is 49.7 Å². The largest absolute Gasteiger partial charge is 0.350 e. The fourth-order valence-electron chi connectivity index (χ4n) is 2.91. The molecule has 5 heteroatoms. The molecule has 0 fully saturated rings. The van der Waals surface area contributed by atoms with Gasteiger partial charge in [0.2, 0.25) is 0 Å². The summed E-state index contributed by atoms with van der Waals surface area (Å²) in [6, 6.07) is 7.79. The highest BCUT2D eigenvalue weighted by atomic mass is 16.2. The SMILES string of the molecule is CC(C)NC(=O)c1cn(C)c(=O)c2c1c1ccccc1n2C. The molecule has 1 N–H and O–H groups in total. The van der Waals surface area contributed by atoms with Gasteiger partial charge in [0.05, 0.1) is 5.56 Å². The van der Waals surface area contributed by atoms with Crippen LogP contribution in [0.3, 0.4) is 0 Å². The first-order valence-electron chi connectivity index (χ1n) is 7.29. The zero-order valence-corrected chi connectivity index (χ0v) is 13.2. The van der Waals surface area contributed by atoms with Gasteiger partial charge in [-0.3, -0.25) is 9.59 Å². The van der Waals surface area contributed by atoms with Crippen molar-refractivity contribution in [3.05, 3.63) is 46.4 Å². The highest BCUT2D eigenvalue weighted by Crippen LogP contribution is 2.28. The summed E-state index contributed by atoms with van der Waals surface area (Å²) in [5.74, 6) is -0.160. The molecule has 3 rings (SSSR count). The number of amides is 1. The Morgan fingerprint density at radius 2 is 1.86 bits per heavy atom. The summed E-state index contributed by atoms with van der Waals surface area (Å²) in [7, 11) is 3.53. The van der Waals surface area contributed by atoms with Gasteiger partial charge in [0, 0.05) is 42.6 Å². The van der Waals surface area contributed by atoms with Gasteiger partial charge in [-0.2, -0.15) is 0 Å². The van der Waals surface area contributed by atoms with Crippen molar-refractivity contribution in [2.45, 2.75) is 19.9 Å². The van der Waals surface area contributed by atoms with Gasteiger partial charge in [0.1, 0.15) is 5.52 Å². The van der Waals surface area contributed by atoms with Gasteiger partial charge in [-0.15, -0.1) is 0 Å². The molecule has 2 heterocycles. The van der Waals surface area contributed by atoms with Crippen LogP contribution in [-0.2, 0) is 14.1 Å². The van der Waals surface area contributed by atoms with Crippen LogP contribution in [0.4, 0.5) is 0 Å². The first kappa shape index (κ1) is 14.4. The van der Waals surface area contributed by atoms with Gasteiger partial charge in [-0.05, 0) is 19.9 Å². The van der Waals surface area contributed by atoms with E-state index < -0.39 is 0 Å². The summed E-state index contributed by atoms with van der Waals surface area (Å²) in [4.78, 5) is 25.1. The molecular weight excluding hydrogens is 278 g/mol. The van der Waals surface area contributed by atoms with E-state index in [1.165, 1.54) is 4.57 Å². The van der Waals surface area contributed by atoms with Crippen LogP contribution in [0.25, 0.3) is 21.8 Å². The van der Waals surface area contributed by atoms with Crippen LogP contribution >= 0.6 is 0 Å². The third kappa shape index (κ3) is 2.01. The number of hydrogen-bond donors (Lipinski definition) is 1. The fourth-order valence-corrected chi connectivity index (χ4v) is 2.91. The van der Waals surface area contributed by atoms with Crippen LogP contribution in [0.1, 0.15) is 24.2 Å². The Balaban J connectivity index is 2.48. The summed E-state index contributed by atoms with van der Waals surface area (Å²) < 4.78 is 3.33. The molecule has 22 heavy (non-hydrogen) atoms. The van der Waals surface area contributed by atoms with Gasteiger partial charge in [-0.1, -0.05) is 18.2 Å². The number of aryl methyl sites for hydroxylation is 2. The lowest BCUT2D eigenvalue weighted by molar-refractivity contribution is 0.0944. The van der Waals surface area contributed by atoms with Crippen LogP contribution in [0.5, 0.6) is 0 Å². The van der Waals surface area contributed by atoms with Crippen molar-refractivity contribution in [1.82, 2.24) is 14.5 Å². The van der Waals surface area contributed by atoms with E-state index in [9.17, 15) is 9.59 Å². The van der Waals surface area contributed by atoms with Gasteiger partial charge in [0.25, 0.3) is 11.5 Å². The lowest BCUT2D eigenvalue weighted by atomic mass is 10.1. The lowest BCUT2D eigenvalue weighted by Gasteiger charge is -2.11. The maximum Gasteiger partial charge on any atom is 0.274 e. The van der Waals surface area contributed by atoms with E-state index in [0.29, 0.717) is 11.1 Å². The second-order valence-electron chi connectivity index (χ2n) is 5.89. The van der Waals surface area contributed by atoms with Crippen LogP contribution < -0.4 is 10.9 Å². The van der Waals surface area contributed by atoms with Crippen molar-refractivity contribution in [1.29, 1.82) is 0 Å². The molecule has 1 amide bonds. The summed E-state index contributed by atoms with van der Waals surface area (Å²) in [5, 5.41) is 4.55. The number of pyridine rings is 1. The monoisotopic (exact) mass is 297 g/mol. The molecule has 2 aromatic heterocycles. The predicted molar refractivity (Wildman–Crippen MR) is 88.3 cm³/mol. The molecule has 0 aliphatic carbocycles. The van der Waals surface area contributed by atoms with Crippen molar-refractivity contribution in [2.24, 2.45) is 14.1 Å². The maximum atomic E-state index is 12.5.